The minimum absolute atomic E-state index is 0.0987. The normalized spacial score (nSPS) is 18.9. The number of anilines is 1. The fourth-order valence-corrected chi connectivity index (χ4v) is 2.17. The molecule has 3 N–H and O–H groups in total. The van der Waals surface area contributed by atoms with Crippen molar-refractivity contribution in [3.63, 3.8) is 0 Å². The van der Waals surface area contributed by atoms with E-state index in [9.17, 15) is 14.0 Å². The van der Waals surface area contributed by atoms with Crippen molar-refractivity contribution in [1.29, 1.82) is 0 Å². The van der Waals surface area contributed by atoms with E-state index >= 15 is 0 Å². The van der Waals surface area contributed by atoms with Crippen molar-refractivity contribution >= 4 is 17.6 Å². The molecule has 1 aromatic carbocycles. The van der Waals surface area contributed by atoms with Crippen LogP contribution < -0.4 is 10.6 Å². The summed E-state index contributed by atoms with van der Waals surface area (Å²) in [7, 11) is 0. The van der Waals surface area contributed by atoms with E-state index in [1.807, 2.05) is 0 Å². The number of carbonyl (C=O) groups is 2. The Hall–Kier alpha value is -2.15. The lowest BCUT2D eigenvalue weighted by molar-refractivity contribution is -0.140. The maximum absolute atomic E-state index is 14.0. The van der Waals surface area contributed by atoms with Crippen LogP contribution >= 0.6 is 0 Å². The van der Waals surface area contributed by atoms with Crippen molar-refractivity contribution < 1.29 is 23.8 Å². The van der Waals surface area contributed by atoms with Gasteiger partial charge in [0, 0.05) is 18.7 Å². The number of rotatable bonds is 4. The molecule has 1 amide bonds. The summed E-state index contributed by atoms with van der Waals surface area (Å²) in [5.41, 5.74) is 5.50. The summed E-state index contributed by atoms with van der Waals surface area (Å²) in [4.78, 5) is 23.3. The monoisotopic (exact) mass is 282 g/mol. The van der Waals surface area contributed by atoms with Crippen LogP contribution in [0.3, 0.4) is 0 Å². The van der Waals surface area contributed by atoms with Crippen molar-refractivity contribution in [2.24, 2.45) is 5.73 Å². The second-order valence-electron chi connectivity index (χ2n) is 4.57. The third-order valence-electron chi connectivity index (χ3n) is 3.11. The van der Waals surface area contributed by atoms with E-state index in [1.165, 1.54) is 12.1 Å². The summed E-state index contributed by atoms with van der Waals surface area (Å²) < 4.78 is 19.3. The molecule has 0 aliphatic carbocycles. The van der Waals surface area contributed by atoms with Crippen LogP contribution in [0.2, 0.25) is 0 Å². The first kappa shape index (κ1) is 14.3. The predicted molar refractivity (Wildman–Crippen MR) is 69.1 cm³/mol. The predicted octanol–water partition coefficient (Wildman–Crippen LogP) is 0.604. The number of carbonyl (C=O) groups excluding carboxylic acids is 1. The zero-order chi connectivity index (χ0) is 14.7. The highest BCUT2D eigenvalue weighted by Crippen LogP contribution is 2.23. The SMILES string of the molecule is NC(=O)c1ccc(N2CCOC(CC(=O)O)C2)c(F)c1. The van der Waals surface area contributed by atoms with Gasteiger partial charge in [-0.25, -0.2) is 4.39 Å². The molecule has 6 nitrogen and oxygen atoms in total. The molecule has 108 valence electrons. The molecular formula is C13H15FN2O4. The molecule has 0 radical (unpaired) electrons. The van der Waals surface area contributed by atoms with Gasteiger partial charge in [-0.15, -0.1) is 0 Å². The number of primary amides is 1. The van der Waals surface area contributed by atoms with Crippen LogP contribution in [0.5, 0.6) is 0 Å². The Morgan fingerprint density at radius 3 is 2.85 bits per heavy atom. The molecule has 1 heterocycles. The summed E-state index contributed by atoms with van der Waals surface area (Å²) in [6.45, 7) is 1.08. The number of carboxylic acid groups (broad SMARTS) is 1. The first-order valence-corrected chi connectivity index (χ1v) is 6.15. The summed E-state index contributed by atoms with van der Waals surface area (Å²) in [5.74, 6) is -2.21. The van der Waals surface area contributed by atoms with Gasteiger partial charge in [-0.2, -0.15) is 0 Å². The van der Waals surface area contributed by atoms with E-state index < -0.39 is 23.8 Å². The van der Waals surface area contributed by atoms with E-state index in [0.29, 0.717) is 25.4 Å². The number of nitrogens with two attached hydrogens (primary N) is 1. The number of benzene rings is 1. The maximum Gasteiger partial charge on any atom is 0.306 e. The number of hydrogen-bond donors (Lipinski definition) is 2. The second-order valence-corrected chi connectivity index (χ2v) is 4.57. The maximum atomic E-state index is 14.0. The van der Waals surface area contributed by atoms with Gasteiger partial charge in [0.1, 0.15) is 5.82 Å². The van der Waals surface area contributed by atoms with E-state index in [-0.39, 0.29) is 12.0 Å². The molecular weight excluding hydrogens is 267 g/mol. The van der Waals surface area contributed by atoms with Crippen molar-refractivity contribution in [1.82, 2.24) is 0 Å². The molecule has 1 aromatic rings. The van der Waals surface area contributed by atoms with E-state index in [4.69, 9.17) is 15.6 Å². The molecule has 1 aliphatic heterocycles. The van der Waals surface area contributed by atoms with E-state index in [1.54, 1.807) is 4.90 Å². The Kier molecular flexibility index (Phi) is 4.19. The van der Waals surface area contributed by atoms with Crippen molar-refractivity contribution in [3.8, 4) is 0 Å². The van der Waals surface area contributed by atoms with Crippen molar-refractivity contribution in [2.75, 3.05) is 24.6 Å². The van der Waals surface area contributed by atoms with Crippen molar-refractivity contribution in [3.05, 3.63) is 29.6 Å². The average molecular weight is 282 g/mol. The number of nitrogens with zero attached hydrogens (tertiary/aromatic N) is 1. The highest BCUT2D eigenvalue weighted by atomic mass is 19.1. The number of halogens is 1. The molecule has 2 rings (SSSR count). The zero-order valence-electron chi connectivity index (χ0n) is 10.7. The van der Waals surface area contributed by atoms with Gasteiger partial charge in [0.2, 0.25) is 5.91 Å². The van der Waals surface area contributed by atoms with Crippen LogP contribution in [0, 0.1) is 5.82 Å². The molecule has 20 heavy (non-hydrogen) atoms. The van der Waals surface area contributed by atoms with Gasteiger partial charge in [0.05, 0.1) is 24.8 Å². The van der Waals surface area contributed by atoms with Crippen LogP contribution in [0.25, 0.3) is 0 Å². The average Bonchev–Trinajstić information content (AvgIpc) is 2.38. The number of carboxylic acids is 1. The van der Waals surface area contributed by atoms with Crippen LogP contribution in [0.4, 0.5) is 10.1 Å². The highest BCUT2D eigenvalue weighted by molar-refractivity contribution is 5.93. The zero-order valence-corrected chi connectivity index (χ0v) is 10.7. The van der Waals surface area contributed by atoms with Crippen LogP contribution in [0.1, 0.15) is 16.8 Å². The van der Waals surface area contributed by atoms with Gasteiger partial charge in [0.15, 0.2) is 0 Å². The molecule has 1 fully saturated rings. The van der Waals surface area contributed by atoms with Gasteiger partial charge in [-0.1, -0.05) is 0 Å². The number of hydrogen-bond acceptors (Lipinski definition) is 4. The quantitative estimate of drug-likeness (QED) is 0.843. The van der Waals surface area contributed by atoms with Gasteiger partial charge in [0.25, 0.3) is 0 Å². The molecule has 0 aromatic heterocycles. The lowest BCUT2D eigenvalue weighted by atomic mass is 10.1. The van der Waals surface area contributed by atoms with Crippen LogP contribution in [-0.2, 0) is 9.53 Å². The topological polar surface area (TPSA) is 92.9 Å². The van der Waals surface area contributed by atoms with E-state index in [2.05, 4.69) is 0 Å². The third kappa shape index (κ3) is 3.24. The molecule has 0 spiro atoms. The number of ether oxygens (including phenoxy) is 1. The van der Waals surface area contributed by atoms with Gasteiger partial charge >= 0.3 is 5.97 Å². The Labute approximate surface area is 114 Å². The summed E-state index contributed by atoms with van der Waals surface area (Å²) in [6.07, 6.45) is -0.603. The minimum Gasteiger partial charge on any atom is -0.481 e. The number of morpholine rings is 1. The number of amides is 1. The second kappa shape index (κ2) is 5.87. The minimum atomic E-state index is -0.957. The molecule has 1 atom stereocenters. The largest absolute Gasteiger partial charge is 0.481 e. The van der Waals surface area contributed by atoms with E-state index in [0.717, 1.165) is 6.07 Å². The van der Waals surface area contributed by atoms with Crippen LogP contribution in [-0.4, -0.2) is 42.8 Å². The molecule has 7 heteroatoms. The fourth-order valence-electron chi connectivity index (χ4n) is 2.17. The molecule has 1 saturated heterocycles. The molecule has 0 bridgehead atoms. The molecule has 0 saturated carbocycles. The lowest BCUT2D eigenvalue weighted by Crippen LogP contribution is -2.43. The lowest BCUT2D eigenvalue weighted by Gasteiger charge is -2.34. The van der Waals surface area contributed by atoms with Gasteiger partial charge in [-0.05, 0) is 18.2 Å². The first-order valence-electron chi connectivity index (χ1n) is 6.15. The summed E-state index contributed by atoms with van der Waals surface area (Å²) in [5, 5.41) is 8.75. The van der Waals surface area contributed by atoms with Gasteiger partial charge < -0.3 is 20.5 Å². The Balaban J connectivity index is 2.14. The standard InChI is InChI=1S/C13H15FN2O4/c14-10-5-8(13(15)19)1-2-11(10)16-3-4-20-9(7-16)6-12(17)18/h1-2,5,9H,3-4,6-7H2,(H2,15,19)(H,17,18). The summed E-state index contributed by atoms with van der Waals surface area (Å²) in [6, 6.07) is 4.00. The Morgan fingerprint density at radius 1 is 1.50 bits per heavy atom. The highest BCUT2D eigenvalue weighted by Gasteiger charge is 2.24. The summed E-state index contributed by atoms with van der Waals surface area (Å²) >= 11 is 0. The van der Waals surface area contributed by atoms with Crippen LogP contribution in [0.15, 0.2) is 18.2 Å². The molecule has 1 aliphatic rings. The first-order chi connectivity index (χ1) is 9.47. The Bertz CT molecular complexity index is 535. The fraction of sp³-hybridized carbons (Fsp3) is 0.385. The number of aliphatic carboxylic acids is 1. The van der Waals surface area contributed by atoms with Crippen molar-refractivity contribution in [2.45, 2.75) is 12.5 Å². The molecule has 1 unspecified atom stereocenters. The third-order valence-corrected chi connectivity index (χ3v) is 3.11. The Morgan fingerprint density at radius 2 is 2.25 bits per heavy atom. The van der Waals surface area contributed by atoms with Gasteiger partial charge in [-0.3, -0.25) is 9.59 Å². The smallest absolute Gasteiger partial charge is 0.306 e.